The molecule has 2 aromatic rings. The van der Waals surface area contributed by atoms with Crippen LogP contribution in [0.2, 0.25) is 0 Å². The Hall–Kier alpha value is -1.65. The van der Waals surface area contributed by atoms with Crippen molar-refractivity contribution in [2.75, 3.05) is 6.54 Å². The SMILES string of the molecule is CC(O)CCCNCc1ccn(-c2ccccc2)n1. The molecule has 0 aliphatic heterocycles. The van der Waals surface area contributed by atoms with Crippen molar-refractivity contribution >= 4 is 0 Å². The van der Waals surface area contributed by atoms with Crippen LogP contribution < -0.4 is 5.32 Å². The molecule has 2 rings (SSSR count). The highest BCUT2D eigenvalue weighted by Gasteiger charge is 2.00. The van der Waals surface area contributed by atoms with Gasteiger partial charge in [-0.05, 0) is 44.5 Å². The van der Waals surface area contributed by atoms with E-state index in [9.17, 15) is 0 Å². The summed E-state index contributed by atoms with van der Waals surface area (Å²) in [6, 6.07) is 12.1. The number of benzene rings is 1. The highest BCUT2D eigenvalue weighted by molar-refractivity contribution is 5.30. The molecule has 0 bridgehead atoms. The zero-order valence-electron chi connectivity index (χ0n) is 11.3. The van der Waals surface area contributed by atoms with Crippen molar-refractivity contribution in [3.8, 4) is 5.69 Å². The summed E-state index contributed by atoms with van der Waals surface area (Å²) in [5, 5.41) is 17.0. The number of aliphatic hydroxyl groups is 1. The number of nitrogens with zero attached hydrogens (tertiary/aromatic N) is 2. The first-order chi connectivity index (χ1) is 9.25. The average Bonchev–Trinajstić information content (AvgIpc) is 2.88. The number of hydrogen-bond donors (Lipinski definition) is 2. The lowest BCUT2D eigenvalue weighted by atomic mass is 10.2. The van der Waals surface area contributed by atoms with E-state index in [1.165, 1.54) is 0 Å². The fourth-order valence-electron chi connectivity index (χ4n) is 1.92. The van der Waals surface area contributed by atoms with Crippen LogP contribution in [0.1, 0.15) is 25.5 Å². The molecule has 0 saturated carbocycles. The lowest BCUT2D eigenvalue weighted by Gasteiger charge is -2.04. The van der Waals surface area contributed by atoms with E-state index in [1.807, 2.05) is 54.2 Å². The Morgan fingerprint density at radius 2 is 2.05 bits per heavy atom. The first-order valence-electron chi connectivity index (χ1n) is 6.74. The summed E-state index contributed by atoms with van der Waals surface area (Å²) in [6.45, 7) is 3.49. The number of para-hydroxylation sites is 1. The molecule has 1 aromatic heterocycles. The molecule has 0 amide bonds. The molecule has 4 nitrogen and oxygen atoms in total. The van der Waals surface area contributed by atoms with Crippen molar-refractivity contribution in [1.82, 2.24) is 15.1 Å². The van der Waals surface area contributed by atoms with Crippen molar-refractivity contribution < 1.29 is 5.11 Å². The number of rotatable bonds is 7. The van der Waals surface area contributed by atoms with Gasteiger partial charge in [0.05, 0.1) is 17.5 Å². The second kappa shape index (κ2) is 7.07. The maximum absolute atomic E-state index is 9.15. The van der Waals surface area contributed by atoms with Gasteiger partial charge in [0.25, 0.3) is 0 Å². The summed E-state index contributed by atoms with van der Waals surface area (Å²) in [4.78, 5) is 0. The minimum Gasteiger partial charge on any atom is -0.393 e. The molecule has 0 fully saturated rings. The highest BCUT2D eigenvalue weighted by atomic mass is 16.3. The third-order valence-electron chi connectivity index (χ3n) is 2.95. The van der Waals surface area contributed by atoms with E-state index in [0.717, 1.165) is 37.3 Å². The Labute approximate surface area is 114 Å². The Kier molecular flexibility index (Phi) is 5.12. The molecule has 1 unspecified atom stereocenters. The van der Waals surface area contributed by atoms with Crippen LogP contribution in [0.25, 0.3) is 5.69 Å². The maximum atomic E-state index is 9.15. The second-order valence-electron chi connectivity index (χ2n) is 4.76. The minimum atomic E-state index is -0.209. The fraction of sp³-hybridized carbons (Fsp3) is 0.400. The smallest absolute Gasteiger partial charge is 0.0766 e. The van der Waals surface area contributed by atoms with E-state index < -0.39 is 0 Å². The predicted octanol–water partition coefficient (Wildman–Crippen LogP) is 2.12. The zero-order valence-corrected chi connectivity index (χ0v) is 11.3. The number of aliphatic hydroxyl groups excluding tert-OH is 1. The third-order valence-corrected chi connectivity index (χ3v) is 2.95. The molecule has 1 aromatic carbocycles. The van der Waals surface area contributed by atoms with E-state index in [2.05, 4.69) is 10.4 Å². The fourth-order valence-corrected chi connectivity index (χ4v) is 1.92. The van der Waals surface area contributed by atoms with Gasteiger partial charge in [0.1, 0.15) is 0 Å². The van der Waals surface area contributed by atoms with Gasteiger partial charge in [0.2, 0.25) is 0 Å². The Morgan fingerprint density at radius 1 is 1.26 bits per heavy atom. The Bertz CT molecular complexity index is 479. The van der Waals surface area contributed by atoms with Gasteiger partial charge in [-0.1, -0.05) is 18.2 Å². The quantitative estimate of drug-likeness (QED) is 0.749. The molecule has 4 heteroatoms. The third kappa shape index (κ3) is 4.50. The largest absolute Gasteiger partial charge is 0.393 e. The van der Waals surface area contributed by atoms with Crippen molar-refractivity contribution in [1.29, 1.82) is 0 Å². The maximum Gasteiger partial charge on any atom is 0.0766 e. The van der Waals surface area contributed by atoms with Crippen LogP contribution in [0.3, 0.4) is 0 Å². The summed E-state index contributed by atoms with van der Waals surface area (Å²) >= 11 is 0. The minimum absolute atomic E-state index is 0.209. The lowest BCUT2D eigenvalue weighted by molar-refractivity contribution is 0.181. The molecule has 19 heavy (non-hydrogen) atoms. The molecule has 0 aliphatic carbocycles. The van der Waals surface area contributed by atoms with Crippen LogP contribution in [0, 0.1) is 0 Å². The molecule has 102 valence electrons. The van der Waals surface area contributed by atoms with Crippen molar-refractivity contribution in [2.24, 2.45) is 0 Å². The topological polar surface area (TPSA) is 50.1 Å². The van der Waals surface area contributed by atoms with E-state index in [0.29, 0.717) is 0 Å². The summed E-state index contributed by atoms with van der Waals surface area (Å²) < 4.78 is 1.88. The van der Waals surface area contributed by atoms with Gasteiger partial charge in [-0.15, -0.1) is 0 Å². The van der Waals surface area contributed by atoms with E-state index in [-0.39, 0.29) is 6.10 Å². The summed E-state index contributed by atoms with van der Waals surface area (Å²) in [6.07, 6.45) is 3.59. The van der Waals surface area contributed by atoms with E-state index in [1.54, 1.807) is 0 Å². The van der Waals surface area contributed by atoms with Gasteiger partial charge in [-0.2, -0.15) is 5.10 Å². The predicted molar refractivity (Wildman–Crippen MR) is 76.2 cm³/mol. The van der Waals surface area contributed by atoms with Gasteiger partial charge >= 0.3 is 0 Å². The summed E-state index contributed by atoms with van der Waals surface area (Å²) in [5.41, 5.74) is 2.10. The number of nitrogens with one attached hydrogen (secondary N) is 1. The monoisotopic (exact) mass is 259 g/mol. The van der Waals surface area contributed by atoms with Gasteiger partial charge in [-0.3, -0.25) is 0 Å². The molecule has 0 spiro atoms. The van der Waals surface area contributed by atoms with Crippen molar-refractivity contribution in [3.63, 3.8) is 0 Å². The van der Waals surface area contributed by atoms with E-state index >= 15 is 0 Å². The van der Waals surface area contributed by atoms with E-state index in [4.69, 9.17) is 5.11 Å². The van der Waals surface area contributed by atoms with Crippen LogP contribution >= 0.6 is 0 Å². The molecule has 1 heterocycles. The molecule has 0 radical (unpaired) electrons. The molecule has 1 atom stereocenters. The lowest BCUT2D eigenvalue weighted by Crippen LogP contribution is -2.16. The van der Waals surface area contributed by atoms with Crippen LogP contribution in [-0.4, -0.2) is 27.5 Å². The van der Waals surface area contributed by atoms with Crippen LogP contribution in [0.5, 0.6) is 0 Å². The molecule has 0 aliphatic rings. The van der Waals surface area contributed by atoms with Gasteiger partial charge in [0, 0.05) is 12.7 Å². The average molecular weight is 259 g/mol. The molecular formula is C15H21N3O. The van der Waals surface area contributed by atoms with Gasteiger partial charge in [-0.25, -0.2) is 4.68 Å². The van der Waals surface area contributed by atoms with Crippen LogP contribution in [0.15, 0.2) is 42.6 Å². The normalized spacial score (nSPS) is 12.5. The van der Waals surface area contributed by atoms with Crippen LogP contribution in [-0.2, 0) is 6.54 Å². The van der Waals surface area contributed by atoms with Crippen molar-refractivity contribution in [2.45, 2.75) is 32.4 Å². The van der Waals surface area contributed by atoms with Gasteiger partial charge < -0.3 is 10.4 Å². The summed E-state index contributed by atoms with van der Waals surface area (Å²) in [5.74, 6) is 0. The first kappa shape index (κ1) is 13.8. The zero-order chi connectivity index (χ0) is 13.5. The number of hydrogen-bond acceptors (Lipinski definition) is 3. The van der Waals surface area contributed by atoms with Crippen LogP contribution in [0.4, 0.5) is 0 Å². The molecule has 2 N–H and O–H groups in total. The standard InChI is InChI=1S/C15H21N3O/c1-13(19)6-5-10-16-12-14-9-11-18(17-14)15-7-3-2-4-8-15/h2-4,7-9,11,13,16,19H,5-6,10,12H2,1H3. The second-order valence-corrected chi connectivity index (χ2v) is 4.76. The molecular weight excluding hydrogens is 238 g/mol. The first-order valence-corrected chi connectivity index (χ1v) is 6.74. The Morgan fingerprint density at radius 3 is 2.79 bits per heavy atom. The Balaban J connectivity index is 1.78. The van der Waals surface area contributed by atoms with Crippen molar-refractivity contribution in [3.05, 3.63) is 48.3 Å². The van der Waals surface area contributed by atoms with Gasteiger partial charge in [0.15, 0.2) is 0 Å². The summed E-state index contributed by atoms with van der Waals surface area (Å²) in [7, 11) is 0. The molecule has 0 saturated heterocycles. The number of aromatic nitrogens is 2. The highest BCUT2D eigenvalue weighted by Crippen LogP contribution is 2.06.